The number of hydrogen-bond acceptors (Lipinski definition) is 5. The highest BCUT2D eigenvalue weighted by molar-refractivity contribution is 7.22. The molecule has 0 unspecified atom stereocenters. The molecule has 0 saturated carbocycles. The smallest absolute Gasteiger partial charge is 0.257 e. The first-order valence-electron chi connectivity index (χ1n) is 8.31. The second kappa shape index (κ2) is 6.82. The Balaban J connectivity index is 1.49. The molecule has 1 aliphatic heterocycles. The molecule has 4 rings (SSSR count). The minimum Gasteiger partial charge on any atom is -0.378 e. The molecule has 5 nitrogen and oxygen atoms in total. The third-order valence-corrected chi connectivity index (χ3v) is 5.28. The number of carbonyl (C=O) groups excluding carboxylic acids is 1. The van der Waals surface area contributed by atoms with Crippen LogP contribution in [0.3, 0.4) is 0 Å². The number of hydrogen-bond donors (Lipinski definition) is 1. The van der Waals surface area contributed by atoms with Gasteiger partial charge in [-0.25, -0.2) is 4.98 Å². The Morgan fingerprint density at radius 3 is 2.64 bits per heavy atom. The van der Waals surface area contributed by atoms with Crippen LogP contribution >= 0.6 is 11.3 Å². The summed E-state index contributed by atoms with van der Waals surface area (Å²) < 4.78 is 6.45. The number of benzene rings is 2. The summed E-state index contributed by atoms with van der Waals surface area (Å²) in [5.41, 5.74) is 3.82. The zero-order chi connectivity index (χ0) is 17.2. The van der Waals surface area contributed by atoms with Crippen LogP contribution in [0.1, 0.15) is 15.9 Å². The third-order valence-electron chi connectivity index (χ3n) is 4.35. The van der Waals surface area contributed by atoms with Crippen LogP contribution < -0.4 is 10.2 Å². The van der Waals surface area contributed by atoms with Crippen molar-refractivity contribution in [2.24, 2.45) is 0 Å². The van der Waals surface area contributed by atoms with Crippen molar-refractivity contribution < 1.29 is 9.53 Å². The van der Waals surface area contributed by atoms with Crippen molar-refractivity contribution in [3.05, 3.63) is 53.6 Å². The zero-order valence-electron chi connectivity index (χ0n) is 14.0. The predicted molar refractivity (Wildman–Crippen MR) is 102 cm³/mol. The van der Waals surface area contributed by atoms with Gasteiger partial charge < -0.3 is 9.64 Å². The van der Waals surface area contributed by atoms with Crippen molar-refractivity contribution in [3.8, 4) is 0 Å². The van der Waals surface area contributed by atoms with E-state index in [4.69, 9.17) is 4.74 Å². The Morgan fingerprint density at radius 1 is 1.16 bits per heavy atom. The summed E-state index contributed by atoms with van der Waals surface area (Å²) in [6.45, 7) is 5.30. The fourth-order valence-electron chi connectivity index (χ4n) is 2.95. The van der Waals surface area contributed by atoms with E-state index in [-0.39, 0.29) is 5.91 Å². The fraction of sp³-hybridized carbons (Fsp3) is 0.263. The lowest BCUT2D eigenvalue weighted by molar-refractivity contribution is 0.102. The Labute approximate surface area is 150 Å². The number of aryl methyl sites for hydroxylation is 1. The van der Waals surface area contributed by atoms with Crippen LogP contribution in [0.2, 0.25) is 0 Å². The summed E-state index contributed by atoms with van der Waals surface area (Å²) in [5.74, 6) is -0.134. The average molecular weight is 353 g/mol. The van der Waals surface area contributed by atoms with E-state index >= 15 is 0 Å². The Hall–Kier alpha value is -2.44. The van der Waals surface area contributed by atoms with Gasteiger partial charge in [0.1, 0.15) is 0 Å². The molecule has 1 fully saturated rings. The fourth-order valence-corrected chi connectivity index (χ4v) is 3.89. The van der Waals surface area contributed by atoms with Crippen molar-refractivity contribution in [1.82, 2.24) is 4.98 Å². The van der Waals surface area contributed by atoms with Gasteiger partial charge in [-0.3, -0.25) is 10.1 Å². The van der Waals surface area contributed by atoms with Crippen molar-refractivity contribution in [2.75, 3.05) is 36.5 Å². The van der Waals surface area contributed by atoms with E-state index in [1.807, 2.05) is 49.4 Å². The number of morpholine rings is 1. The molecule has 1 aliphatic rings. The lowest BCUT2D eigenvalue weighted by Crippen LogP contribution is -2.36. The summed E-state index contributed by atoms with van der Waals surface area (Å²) >= 11 is 1.50. The molecule has 128 valence electrons. The van der Waals surface area contributed by atoms with Gasteiger partial charge in [-0.1, -0.05) is 23.5 Å². The van der Waals surface area contributed by atoms with Gasteiger partial charge in [-0.05, 0) is 42.8 Å². The number of thiazole rings is 1. The quantitative estimate of drug-likeness (QED) is 0.780. The Bertz CT molecular complexity index is 899. The largest absolute Gasteiger partial charge is 0.378 e. The first kappa shape index (κ1) is 16.1. The van der Waals surface area contributed by atoms with Crippen LogP contribution in [0.15, 0.2) is 42.5 Å². The monoisotopic (exact) mass is 353 g/mol. The number of nitrogens with one attached hydrogen (secondary N) is 1. The van der Waals surface area contributed by atoms with Crippen molar-refractivity contribution in [1.29, 1.82) is 0 Å². The van der Waals surface area contributed by atoms with Crippen molar-refractivity contribution in [3.63, 3.8) is 0 Å². The standard InChI is InChI=1S/C19H19N3O2S/c1-13-3-2-4-16-17(13)20-19(25-16)21-18(23)14-5-7-15(8-6-14)22-9-11-24-12-10-22/h2-8H,9-12H2,1H3,(H,20,21,23). The first-order chi connectivity index (χ1) is 12.2. The second-order valence-electron chi connectivity index (χ2n) is 6.04. The number of aromatic nitrogens is 1. The Morgan fingerprint density at radius 2 is 1.92 bits per heavy atom. The van der Waals surface area contributed by atoms with Crippen LogP contribution in [0, 0.1) is 6.92 Å². The lowest BCUT2D eigenvalue weighted by atomic mass is 10.2. The van der Waals surface area contributed by atoms with Crippen LogP contribution in [-0.2, 0) is 4.74 Å². The summed E-state index contributed by atoms with van der Waals surface area (Å²) in [7, 11) is 0. The second-order valence-corrected chi connectivity index (χ2v) is 7.07. The number of anilines is 2. The number of para-hydroxylation sites is 1. The van der Waals surface area contributed by atoms with Crippen molar-refractivity contribution >= 4 is 38.3 Å². The maximum atomic E-state index is 12.5. The molecule has 1 aromatic heterocycles. The molecule has 0 spiro atoms. The van der Waals surface area contributed by atoms with E-state index in [1.165, 1.54) is 11.3 Å². The van der Waals surface area contributed by atoms with E-state index in [9.17, 15) is 4.79 Å². The minimum atomic E-state index is -0.134. The van der Waals surface area contributed by atoms with Gasteiger partial charge >= 0.3 is 0 Å². The molecular weight excluding hydrogens is 334 g/mol. The number of amides is 1. The van der Waals surface area contributed by atoms with Gasteiger partial charge in [-0.2, -0.15) is 0 Å². The molecule has 0 bridgehead atoms. The highest BCUT2D eigenvalue weighted by Crippen LogP contribution is 2.28. The summed E-state index contributed by atoms with van der Waals surface area (Å²) in [5, 5.41) is 3.54. The number of rotatable bonds is 3. The maximum Gasteiger partial charge on any atom is 0.257 e. The summed E-state index contributed by atoms with van der Waals surface area (Å²) in [4.78, 5) is 19.3. The van der Waals surface area contributed by atoms with Gasteiger partial charge in [0.2, 0.25) is 0 Å². The zero-order valence-corrected chi connectivity index (χ0v) is 14.8. The Kier molecular flexibility index (Phi) is 4.38. The van der Waals surface area contributed by atoms with Gasteiger partial charge in [0, 0.05) is 24.3 Å². The molecule has 1 amide bonds. The van der Waals surface area contributed by atoms with Crippen molar-refractivity contribution in [2.45, 2.75) is 6.92 Å². The molecule has 6 heteroatoms. The molecule has 25 heavy (non-hydrogen) atoms. The average Bonchev–Trinajstić information content (AvgIpc) is 3.06. The SMILES string of the molecule is Cc1cccc2sc(NC(=O)c3ccc(N4CCOCC4)cc3)nc12. The van der Waals surface area contributed by atoms with E-state index in [0.29, 0.717) is 10.7 Å². The molecule has 0 aliphatic carbocycles. The number of fused-ring (bicyclic) bond motifs is 1. The van der Waals surface area contributed by atoms with E-state index in [0.717, 1.165) is 47.8 Å². The van der Waals surface area contributed by atoms with E-state index in [2.05, 4.69) is 15.2 Å². The number of ether oxygens (including phenoxy) is 1. The van der Waals surface area contributed by atoms with Gasteiger partial charge in [0.15, 0.2) is 5.13 Å². The third kappa shape index (κ3) is 3.36. The number of nitrogens with zero attached hydrogens (tertiary/aromatic N) is 2. The lowest BCUT2D eigenvalue weighted by Gasteiger charge is -2.28. The minimum absolute atomic E-state index is 0.134. The molecular formula is C19H19N3O2S. The molecule has 2 aromatic carbocycles. The molecule has 1 N–H and O–H groups in total. The molecule has 2 heterocycles. The van der Waals surface area contributed by atoms with Crippen LogP contribution in [-0.4, -0.2) is 37.2 Å². The van der Waals surface area contributed by atoms with E-state index < -0.39 is 0 Å². The molecule has 3 aromatic rings. The topological polar surface area (TPSA) is 54.5 Å². The van der Waals surface area contributed by atoms with Crippen LogP contribution in [0.5, 0.6) is 0 Å². The predicted octanol–water partition coefficient (Wildman–Crippen LogP) is 3.69. The summed E-state index contributed by atoms with van der Waals surface area (Å²) in [6.07, 6.45) is 0. The van der Waals surface area contributed by atoms with Gasteiger partial charge in [-0.15, -0.1) is 0 Å². The normalized spacial score (nSPS) is 14.7. The van der Waals surface area contributed by atoms with Gasteiger partial charge in [0.25, 0.3) is 5.91 Å². The molecule has 1 saturated heterocycles. The summed E-state index contributed by atoms with van der Waals surface area (Å²) in [6, 6.07) is 13.7. The van der Waals surface area contributed by atoms with Crippen LogP contribution in [0.25, 0.3) is 10.2 Å². The molecule has 0 atom stereocenters. The highest BCUT2D eigenvalue weighted by Gasteiger charge is 2.13. The number of carbonyl (C=O) groups is 1. The molecule has 0 radical (unpaired) electrons. The van der Waals surface area contributed by atoms with Gasteiger partial charge in [0.05, 0.1) is 23.4 Å². The first-order valence-corrected chi connectivity index (χ1v) is 9.12. The highest BCUT2D eigenvalue weighted by atomic mass is 32.1. The maximum absolute atomic E-state index is 12.5. The van der Waals surface area contributed by atoms with Crippen LogP contribution in [0.4, 0.5) is 10.8 Å². The van der Waals surface area contributed by atoms with E-state index in [1.54, 1.807) is 0 Å².